The van der Waals surface area contributed by atoms with E-state index in [9.17, 15) is 9.59 Å². The molecule has 2 bridgehead atoms. The molecule has 0 spiro atoms. The van der Waals surface area contributed by atoms with Gasteiger partial charge in [0.15, 0.2) is 5.16 Å². The Balaban J connectivity index is 1.29. The molecule has 5 unspecified atom stereocenters. The first-order valence-corrected chi connectivity index (χ1v) is 12.6. The van der Waals surface area contributed by atoms with Gasteiger partial charge in [0.25, 0.3) is 5.56 Å². The fraction of sp³-hybridized carbons (Fsp3) is 0.625. The minimum Gasteiger partial charge on any atom is -0.376 e. The number of benzene rings is 1. The predicted octanol–water partition coefficient (Wildman–Crippen LogP) is 3.61. The third kappa shape index (κ3) is 4.40. The Labute approximate surface area is 187 Å². The van der Waals surface area contributed by atoms with Gasteiger partial charge in [-0.05, 0) is 68.9 Å². The molecule has 2 aromatic rings. The normalized spacial score (nSPS) is 28.3. The van der Waals surface area contributed by atoms with Crippen LogP contribution < -0.4 is 10.9 Å². The lowest BCUT2D eigenvalue weighted by Gasteiger charge is -2.28. The molecule has 1 saturated heterocycles. The lowest BCUT2D eigenvalue weighted by atomic mass is 9.84. The third-order valence-electron chi connectivity index (χ3n) is 7.39. The summed E-state index contributed by atoms with van der Waals surface area (Å²) in [7, 11) is 0. The van der Waals surface area contributed by atoms with Gasteiger partial charge < -0.3 is 10.1 Å². The van der Waals surface area contributed by atoms with Gasteiger partial charge >= 0.3 is 0 Å². The number of fused-ring (bicyclic) bond motifs is 3. The first kappa shape index (κ1) is 21.0. The number of amides is 1. The van der Waals surface area contributed by atoms with Crippen molar-refractivity contribution in [3.8, 4) is 0 Å². The Morgan fingerprint density at radius 1 is 1.29 bits per heavy atom. The van der Waals surface area contributed by atoms with Crippen LogP contribution in [0.3, 0.4) is 0 Å². The van der Waals surface area contributed by atoms with Gasteiger partial charge in [-0.15, -0.1) is 0 Å². The van der Waals surface area contributed by atoms with Gasteiger partial charge in [-0.1, -0.05) is 30.3 Å². The van der Waals surface area contributed by atoms with Crippen LogP contribution in [0.15, 0.2) is 34.2 Å². The standard InChI is InChI=1S/C24H31N3O3S/c1-15(20-12-16-8-9-17(20)11-16)25-22(28)14-31-24-26-21-7-3-2-6-19(21)23(29)27(24)13-18-5-4-10-30-18/h2-3,6-7,15-18,20H,4-5,8-14H2,1H3,(H,25,28). The highest BCUT2D eigenvalue weighted by molar-refractivity contribution is 7.99. The van der Waals surface area contributed by atoms with Crippen LogP contribution in [0.4, 0.5) is 0 Å². The summed E-state index contributed by atoms with van der Waals surface area (Å²) in [4.78, 5) is 30.6. The monoisotopic (exact) mass is 441 g/mol. The average Bonchev–Trinajstić information content (AvgIpc) is 3.53. The molecule has 5 rings (SSSR count). The van der Waals surface area contributed by atoms with Gasteiger partial charge in [0.1, 0.15) is 0 Å². The predicted molar refractivity (Wildman–Crippen MR) is 122 cm³/mol. The molecule has 166 valence electrons. The number of nitrogens with one attached hydrogen (secondary N) is 1. The molecule has 6 nitrogen and oxygen atoms in total. The second kappa shape index (κ2) is 8.94. The zero-order chi connectivity index (χ0) is 21.4. The molecule has 2 heterocycles. The van der Waals surface area contributed by atoms with Crippen LogP contribution >= 0.6 is 11.8 Å². The number of thioether (sulfide) groups is 1. The molecule has 7 heteroatoms. The van der Waals surface area contributed by atoms with E-state index >= 15 is 0 Å². The Morgan fingerprint density at radius 2 is 2.16 bits per heavy atom. The molecule has 1 aliphatic heterocycles. The summed E-state index contributed by atoms with van der Waals surface area (Å²) in [5.74, 6) is 2.56. The summed E-state index contributed by atoms with van der Waals surface area (Å²) >= 11 is 1.35. The SMILES string of the molecule is CC(NC(=O)CSc1nc2ccccc2c(=O)n1CC1CCCO1)C1CC2CCC1C2. The summed E-state index contributed by atoms with van der Waals surface area (Å²) in [6, 6.07) is 7.63. The van der Waals surface area contributed by atoms with Gasteiger partial charge in [0, 0.05) is 12.6 Å². The zero-order valence-electron chi connectivity index (χ0n) is 18.1. The molecule has 1 amide bonds. The first-order chi connectivity index (χ1) is 15.1. The molecule has 2 saturated carbocycles. The third-order valence-corrected chi connectivity index (χ3v) is 8.37. The minimum absolute atomic E-state index is 0.0198. The highest BCUT2D eigenvalue weighted by Gasteiger charge is 2.42. The molecule has 2 aliphatic carbocycles. The van der Waals surface area contributed by atoms with E-state index in [1.807, 2.05) is 24.3 Å². The lowest BCUT2D eigenvalue weighted by Crippen LogP contribution is -2.41. The molecule has 3 aliphatic rings. The van der Waals surface area contributed by atoms with Crippen molar-refractivity contribution in [2.45, 2.75) is 69.3 Å². The molecule has 1 aromatic carbocycles. The Morgan fingerprint density at radius 3 is 2.90 bits per heavy atom. The van der Waals surface area contributed by atoms with Crippen molar-refractivity contribution in [3.05, 3.63) is 34.6 Å². The van der Waals surface area contributed by atoms with Crippen molar-refractivity contribution >= 4 is 28.6 Å². The quantitative estimate of drug-likeness (QED) is 0.525. The van der Waals surface area contributed by atoms with E-state index in [2.05, 4.69) is 12.2 Å². The van der Waals surface area contributed by atoms with Crippen molar-refractivity contribution in [2.75, 3.05) is 12.4 Å². The summed E-state index contributed by atoms with van der Waals surface area (Å²) in [6.45, 7) is 3.38. The number of ether oxygens (including phenoxy) is 1. The van der Waals surface area contributed by atoms with Gasteiger partial charge in [0.2, 0.25) is 5.91 Å². The van der Waals surface area contributed by atoms with Crippen LogP contribution in [0.25, 0.3) is 10.9 Å². The number of para-hydroxylation sites is 1. The van der Waals surface area contributed by atoms with E-state index in [1.54, 1.807) is 4.57 Å². The number of carbonyl (C=O) groups is 1. The smallest absolute Gasteiger partial charge is 0.262 e. The summed E-state index contributed by atoms with van der Waals surface area (Å²) in [5.41, 5.74) is 0.619. The van der Waals surface area contributed by atoms with E-state index in [1.165, 1.54) is 37.4 Å². The first-order valence-electron chi connectivity index (χ1n) is 11.6. The highest BCUT2D eigenvalue weighted by atomic mass is 32.2. The van der Waals surface area contributed by atoms with Crippen LogP contribution in [0, 0.1) is 17.8 Å². The van der Waals surface area contributed by atoms with Gasteiger partial charge in [-0.3, -0.25) is 14.2 Å². The van der Waals surface area contributed by atoms with Crippen LogP contribution in [0.5, 0.6) is 0 Å². The largest absolute Gasteiger partial charge is 0.376 e. The van der Waals surface area contributed by atoms with Crippen LogP contribution in [-0.2, 0) is 16.1 Å². The van der Waals surface area contributed by atoms with Gasteiger partial charge in [-0.25, -0.2) is 4.98 Å². The van der Waals surface area contributed by atoms with Crippen molar-refractivity contribution < 1.29 is 9.53 Å². The summed E-state index contributed by atoms with van der Waals surface area (Å²) in [5, 5.41) is 4.43. The maximum absolute atomic E-state index is 13.2. The molecule has 3 fully saturated rings. The average molecular weight is 442 g/mol. The van der Waals surface area contributed by atoms with E-state index in [0.29, 0.717) is 28.5 Å². The Hall–Kier alpha value is -1.86. The molecular formula is C24H31N3O3S. The number of hydrogen-bond donors (Lipinski definition) is 1. The van der Waals surface area contributed by atoms with Crippen LogP contribution in [-0.4, -0.2) is 40.0 Å². The molecular weight excluding hydrogens is 410 g/mol. The number of hydrogen-bond acceptors (Lipinski definition) is 5. The van der Waals surface area contributed by atoms with Gasteiger partial charge in [-0.2, -0.15) is 0 Å². The maximum atomic E-state index is 13.2. The molecule has 0 radical (unpaired) electrons. The highest BCUT2D eigenvalue weighted by Crippen LogP contribution is 2.49. The van der Waals surface area contributed by atoms with Crippen molar-refractivity contribution in [1.29, 1.82) is 0 Å². The lowest BCUT2D eigenvalue weighted by molar-refractivity contribution is -0.119. The summed E-state index contributed by atoms with van der Waals surface area (Å²) in [6.07, 6.45) is 7.29. The van der Waals surface area contributed by atoms with Crippen LogP contribution in [0.1, 0.15) is 45.4 Å². The summed E-state index contributed by atoms with van der Waals surface area (Å²) < 4.78 is 7.47. The molecule has 31 heavy (non-hydrogen) atoms. The molecule has 5 atom stereocenters. The number of nitrogens with zero attached hydrogens (tertiary/aromatic N) is 2. The van der Waals surface area contributed by atoms with E-state index < -0.39 is 0 Å². The topological polar surface area (TPSA) is 73.2 Å². The molecule has 1 N–H and O–H groups in total. The van der Waals surface area contributed by atoms with E-state index in [-0.39, 0.29) is 29.4 Å². The second-order valence-electron chi connectivity index (χ2n) is 9.45. The molecule has 1 aromatic heterocycles. The zero-order valence-corrected chi connectivity index (χ0v) is 18.9. The van der Waals surface area contributed by atoms with Crippen molar-refractivity contribution in [3.63, 3.8) is 0 Å². The second-order valence-corrected chi connectivity index (χ2v) is 10.4. The number of carbonyl (C=O) groups excluding carboxylic acids is 1. The number of aromatic nitrogens is 2. The number of rotatable bonds is 7. The fourth-order valence-corrected chi connectivity index (χ4v) is 6.67. The van der Waals surface area contributed by atoms with Crippen molar-refractivity contribution in [1.82, 2.24) is 14.9 Å². The van der Waals surface area contributed by atoms with Crippen molar-refractivity contribution in [2.24, 2.45) is 17.8 Å². The minimum atomic E-state index is -0.0562. The Kier molecular flexibility index (Phi) is 6.06. The van der Waals surface area contributed by atoms with E-state index in [4.69, 9.17) is 9.72 Å². The van der Waals surface area contributed by atoms with Gasteiger partial charge in [0.05, 0.1) is 29.3 Å². The maximum Gasteiger partial charge on any atom is 0.262 e. The van der Waals surface area contributed by atoms with Crippen LogP contribution in [0.2, 0.25) is 0 Å². The Bertz CT molecular complexity index is 1020. The fourth-order valence-electron chi connectivity index (χ4n) is 5.85. The van der Waals surface area contributed by atoms with E-state index in [0.717, 1.165) is 31.3 Å².